The molecular weight excluding hydrogens is 166 g/mol. The van der Waals surface area contributed by atoms with Crippen molar-refractivity contribution in [2.24, 2.45) is 0 Å². The van der Waals surface area contributed by atoms with Crippen LogP contribution in [0.5, 0.6) is 5.75 Å². The van der Waals surface area contributed by atoms with E-state index in [-0.39, 0.29) is 5.03 Å². The molecule has 0 spiro atoms. The van der Waals surface area contributed by atoms with Crippen molar-refractivity contribution in [3.8, 4) is 5.75 Å². The van der Waals surface area contributed by atoms with Gasteiger partial charge in [0.15, 0.2) is 10.8 Å². The van der Waals surface area contributed by atoms with Crippen LogP contribution < -0.4 is 4.74 Å². The highest BCUT2D eigenvalue weighted by atomic mass is 32.2. The lowest BCUT2D eigenvalue weighted by molar-refractivity contribution is 0.397. The molecule has 0 aliphatic carbocycles. The second kappa shape index (κ2) is 3.45. The van der Waals surface area contributed by atoms with Crippen LogP contribution in [0.2, 0.25) is 0 Å². The molecule has 5 heteroatoms. The molecule has 0 aliphatic heterocycles. The van der Waals surface area contributed by atoms with Gasteiger partial charge >= 0.3 is 0 Å². The molecule has 1 heterocycles. The van der Waals surface area contributed by atoms with Crippen LogP contribution >= 0.6 is 0 Å². The van der Waals surface area contributed by atoms with Gasteiger partial charge in [-0.05, 0) is 12.1 Å². The van der Waals surface area contributed by atoms with Crippen molar-refractivity contribution in [1.29, 1.82) is 0 Å². The van der Waals surface area contributed by atoms with Crippen LogP contribution in [0.15, 0.2) is 23.4 Å². The summed E-state index contributed by atoms with van der Waals surface area (Å²) in [5, 5.41) is 0.0509. The summed E-state index contributed by atoms with van der Waals surface area (Å²) < 4.78 is 24.0. The molecule has 0 saturated heterocycles. The molecule has 1 aromatic heterocycles. The van der Waals surface area contributed by atoms with Gasteiger partial charge in [0.2, 0.25) is 11.1 Å². The molecule has 0 aliphatic rings. The van der Waals surface area contributed by atoms with Gasteiger partial charge in [-0.15, -0.1) is 0 Å². The van der Waals surface area contributed by atoms with Gasteiger partial charge in [-0.3, -0.25) is 0 Å². The minimum Gasteiger partial charge on any atom is -0.494 e. The molecule has 1 unspecified atom stereocenters. The van der Waals surface area contributed by atoms with Crippen molar-refractivity contribution < 1.29 is 13.5 Å². The largest absolute Gasteiger partial charge is 0.494 e. The second-order valence-corrected chi connectivity index (χ2v) is 2.64. The van der Waals surface area contributed by atoms with E-state index in [1.807, 2.05) is 0 Å². The zero-order chi connectivity index (χ0) is 8.27. The van der Waals surface area contributed by atoms with E-state index in [1.54, 1.807) is 12.1 Å². The van der Waals surface area contributed by atoms with Gasteiger partial charge in [0.1, 0.15) is 0 Å². The van der Waals surface area contributed by atoms with E-state index in [4.69, 9.17) is 9.29 Å². The lowest BCUT2D eigenvalue weighted by Gasteiger charge is -2.01. The molecule has 0 bridgehead atoms. The van der Waals surface area contributed by atoms with E-state index >= 15 is 0 Å². The zero-order valence-corrected chi connectivity index (χ0v) is 6.67. The maximum atomic E-state index is 10.5. The van der Waals surface area contributed by atoms with Crippen molar-refractivity contribution >= 4 is 11.1 Å². The number of hydrogen-bond donors (Lipinski definition) is 1. The van der Waals surface area contributed by atoms with Crippen LogP contribution in [0.1, 0.15) is 0 Å². The van der Waals surface area contributed by atoms with Crippen LogP contribution in [0.25, 0.3) is 0 Å². The fraction of sp³-hybridized carbons (Fsp3) is 0.167. The van der Waals surface area contributed by atoms with Crippen LogP contribution in [0.3, 0.4) is 0 Å². The number of pyridine rings is 1. The molecule has 0 saturated carbocycles. The second-order valence-electron chi connectivity index (χ2n) is 1.76. The Morgan fingerprint density at radius 1 is 1.73 bits per heavy atom. The van der Waals surface area contributed by atoms with Crippen molar-refractivity contribution in [3.63, 3.8) is 0 Å². The Labute approximate surface area is 66.5 Å². The van der Waals surface area contributed by atoms with E-state index < -0.39 is 11.1 Å². The molecule has 11 heavy (non-hydrogen) atoms. The van der Waals surface area contributed by atoms with Crippen molar-refractivity contribution in [2.75, 3.05) is 7.11 Å². The van der Waals surface area contributed by atoms with Crippen LogP contribution in [0, 0.1) is 0 Å². The summed E-state index contributed by atoms with van der Waals surface area (Å²) in [6, 6.07) is 3.21. The first-order valence-corrected chi connectivity index (χ1v) is 3.96. The van der Waals surface area contributed by atoms with Gasteiger partial charge in [-0.1, -0.05) is 0 Å². The van der Waals surface area contributed by atoms with Gasteiger partial charge < -0.3 is 9.29 Å². The first-order chi connectivity index (χ1) is 5.25. The molecule has 1 atom stereocenters. The third-order valence-electron chi connectivity index (χ3n) is 1.12. The van der Waals surface area contributed by atoms with E-state index in [0.29, 0.717) is 5.75 Å². The Hall–Kier alpha value is -0.940. The SMILES string of the molecule is COc1cccnc1S(=O)O. The topological polar surface area (TPSA) is 59.4 Å². The summed E-state index contributed by atoms with van der Waals surface area (Å²) in [6.45, 7) is 0. The Morgan fingerprint density at radius 3 is 2.91 bits per heavy atom. The normalized spacial score (nSPS) is 12.5. The summed E-state index contributed by atoms with van der Waals surface area (Å²) in [7, 11) is 1.42. The highest BCUT2D eigenvalue weighted by molar-refractivity contribution is 7.79. The first-order valence-electron chi connectivity index (χ1n) is 2.85. The van der Waals surface area contributed by atoms with Gasteiger partial charge in [0.25, 0.3) is 0 Å². The summed E-state index contributed by atoms with van der Waals surface area (Å²) in [5.74, 6) is 0.327. The molecule has 1 rings (SSSR count). The summed E-state index contributed by atoms with van der Waals surface area (Å²) in [6.07, 6.45) is 1.44. The van der Waals surface area contributed by atoms with Crippen LogP contribution in [-0.2, 0) is 11.1 Å². The lowest BCUT2D eigenvalue weighted by atomic mass is 10.5. The first kappa shape index (κ1) is 8.16. The smallest absolute Gasteiger partial charge is 0.209 e. The van der Waals surface area contributed by atoms with E-state index in [1.165, 1.54) is 13.3 Å². The zero-order valence-electron chi connectivity index (χ0n) is 5.85. The standard InChI is InChI=1S/C6H7NO3S/c1-10-5-3-2-4-7-6(5)11(8)9/h2-4H,1H3,(H,8,9). The predicted octanol–water partition coefficient (Wildman–Crippen LogP) is 0.671. The minimum atomic E-state index is -2.08. The highest BCUT2D eigenvalue weighted by Crippen LogP contribution is 2.16. The summed E-state index contributed by atoms with van der Waals surface area (Å²) in [4.78, 5) is 3.67. The Balaban J connectivity index is 3.12. The minimum absolute atomic E-state index is 0.0509. The van der Waals surface area contributed by atoms with Gasteiger partial charge in [-0.25, -0.2) is 9.19 Å². The fourth-order valence-corrected chi connectivity index (χ4v) is 1.14. The van der Waals surface area contributed by atoms with Gasteiger partial charge in [0, 0.05) is 6.20 Å². The van der Waals surface area contributed by atoms with Crippen LogP contribution in [0.4, 0.5) is 0 Å². The maximum absolute atomic E-state index is 10.5. The molecular formula is C6H7NO3S. The molecule has 0 aromatic carbocycles. The molecule has 1 N–H and O–H groups in total. The number of ether oxygens (including phenoxy) is 1. The van der Waals surface area contributed by atoms with Crippen LogP contribution in [-0.4, -0.2) is 20.9 Å². The van der Waals surface area contributed by atoms with Crippen molar-refractivity contribution in [2.45, 2.75) is 5.03 Å². The summed E-state index contributed by atoms with van der Waals surface area (Å²) >= 11 is -2.08. The predicted molar refractivity (Wildman–Crippen MR) is 39.8 cm³/mol. The van der Waals surface area contributed by atoms with Crippen molar-refractivity contribution in [3.05, 3.63) is 18.3 Å². The van der Waals surface area contributed by atoms with Crippen molar-refractivity contribution in [1.82, 2.24) is 4.98 Å². The number of nitrogens with zero attached hydrogens (tertiary/aromatic N) is 1. The average molecular weight is 173 g/mol. The van der Waals surface area contributed by atoms with Gasteiger partial charge in [-0.2, -0.15) is 0 Å². The maximum Gasteiger partial charge on any atom is 0.209 e. The molecule has 0 amide bonds. The number of rotatable bonds is 2. The Morgan fingerprint density at radius 2 is 2.45 bits per heavy atom. The number of hydrogen-bond acceptors (Lipinski definition) is 3. The monoisotopic (exact) mass is 173 g/mol. The molecule has 4 nitrogen and oxygen atoms in total. The van der Waals surface area contributed by atoms with E-state index in [9.17, 15) is 4.21 Å². The molecule has 0 radical (unpaired) electrons. The molecule has 60 valence electrons. The fourth-order valence-electron chi connectivity index (χ4n) is 0.663. The highest BCUT2D eigenvalue weighted by Gasteiger charge is 2.07. The van der Waals surface area contributed by atoms with Gasteiger partial charge in [0.05, 0.1) is 7.11 Å². The third kappa shape index (κ3) is 1.75. The Kier molecular flexibility index (Phi) is 2.56. The summed E-state index contributed by atoms with van der Waals surface area (Å²) in [5.41, 5.74) is 0. The lowest BCUT2D eigenvalue weighted by Crippen LogP contribution is -1.96. The average Bonchev–Trinajstić information content (AvgIpc) is 2.04. The Bertz CT molecular complexity index is 276. The molecule has 1 aromatic rings. The number of methoxy groups -OCH3 is 1. The molecule has 0 fully saturated rings. The third-order valence-corrected chi connectivity index (χ3v) is 1.76. The quantitative estimate of drug-likeness (QED) is 0.668. The van der Waals surface area contributed by atoms with E-state index in [2.05, 4.69) is 4.98 Å². The van der Waals surface area contributed by atoms with E-state index in [0.717, 1.165) is 0 Å². The number of aromatic nitrogens is 1.